The summed E-state index contributed by atoms with van der Waals surface area (Å²) in [5.74, 6) is -0.220. The third kappa shape index (κ3) is 3.46. The number of nitrogens with zero attached hydrogens (tertiary/aromatic N) is 2. The highest BCUT2D eigenvalue weighted by Crippen LogP contribution is 2.10. The average molecular weight is 229 g/mol. The van der Waals surface area contributed by atoms with Crippen LogP contribution >= 0.6 is 0 Å². The molecule has 0 unspecified atom stereocenters. The summed E-state index contributed by atoms with van der Waals surface area (Å²) in [6, 6.07) is -0.344. The van der Waals surface area contributed by atoms with Crippen molar-refractivity contribution in [1.82, 2.24) is 15.1 Å². The highest BCUT2D eigenvalue weighted by Gasteiger charge is 2.34. The number of carbonyl (C=O) groups is 2. The number of hydrogen-bond donors (Lipinski definition) is 2. The first kappa shape index (κ1) is 12.9. The SMILES string of the molecule is CC(=O)N[C@@H]1CN(C(=O)CN(C)C)C[C@H]1O. The molecule has 0 aliphatic carbocycles. The lowest BCUT2D eigenvalue weighted by Crippen LogP contribution is -2.42. The van der Waals surface area contributed by atoms with Gasteiger partial charge in [-0.05, 0) is 14.1 Å². The summed E-state index contributed by atoms with van der Waals surface area (Å²) in [7, 11) is 3.63. The van der Waals surface area contributed by atoms with E-state index in [4.69, 9.17) is 0 Å². The number of likely N-dealkylation sites (tertiary alicyclic amines) is 1. The summed E-state index contributed by atoms with van der Waals surface area (Å²) < 4.78 is 0. The summed E-state index contributed by atoms with van der Waals surface area (Å²) in [4.78, 5) is 25.9. The molecule has 2 N–H and O–H groups in total. The first-order valence-electron chi connectivity index (χ1n) is 5.28. The Morgan fingerprint density at radius 1 is 1.44 bits per heavy atom. The average Bonchev–Trinajstić information content (AvgIpc) is 2.45. The Kier molecular flexibility index (Phi) is 4.26. The third-order valence-corrected chi connectivity index (χ3v) is 2.48. The van der Waals surface area contributed by atoms with Crippen LogP contribution in [-0.4, -0.2) is 72.6 Å². The molecule has 0 spiro atoms. The molecule has 0 saturated carbocycles. The van der Waals surface area contributed by atoms with Crippen LogP contribution < -0.4 is 5.32 Å². The molecule has 1 saturated heterocycles. The monoisotopic (exact) mass is 229 g/mol. The van der Waals surface area contributed by atoms with Gasteiger partial charge in [0.25, 0.3) is 0 Å². The number of likely N-dealkylation sites (N-methyl/N-ethyl adjacent to an activating group) is 1. The van der Waals surface area contributed by atoms with E-state index >= 15 is 0 Å². The normalized spacial score (nSPS) is 24.9. The van der Waals surface area contributed by atoms with E-state index in [1.807, 2.05) is 14.1 Å². The summed E-state index contributed by atoms with van der Waals surface area (Å²) in [6.07, 6.45) is -0.671. The molecule has 0 aromatic carbocycles. The van der Waals surface area contributed by atoms with Crippen LogP contribution in [0.1, 0.15) is 6.92 Å². The van der Waals surface area contributed by atoms with Crippen LogP contribution in [0.2, 0.25) is 0 Å². The van der Waals surface area contributed by atoms with Gasteiger partial charge in [-0.3, -0.25) is 9.59 Å². The molecule has 6 heteroatoms. The number of aliphatic hydroxyl groups excluding tert-OH is 1. The molecular formula is C10H19N3O3. The molecule has 2 amide bonds. The van der Waals surface area contributed by atoms with Crippen molar-refractivity contribution >= 4 is 11.8 Å². The molecule has 92 valence electrons. The number of carbonyl (C=O) groups excluding carboxylic acids is 2. The van der Waals surface area contributed by atoms with E-state index in [1.54, 1.807) is 9.80 Å². The first-order chi connectivity index (χ1) is 7.40. The number of nitrogens with one attached hydrogen (secondary N) is 1. The molecular weight excluding hydrogens is 210 g/mol. The zero-order chi connectivity index (χ0) is 12.3. The minimum Gasteiger partial charge on any atom is -0.389 e. The highest BCUT2D eigenvalue weighted by molar-refractivity contribution is 5.79. The third-order valence-electron chi connectivity index (χ3n) is 2.48. The predicted octanol–water partition coefficient (Wildman–Crippen LogP) is -1.74. The maximum atomic E-state index is 11.7. The molecule has 2 atom stereocenters. The van der Waals surface area contributed by atoms with Gasteiger partial charge in [0.05, 0.1) is 18.7 Å². The van der Waals surface area contributed by atoms with Gasteiger partial charge in [-0.1, -0.05) is 0 Å². The molecule has 6 nitrogen and oxygen atoms in total. The van der Waals surface area contributed by atoms with Crippen molar-refractivity contribution in [2.45, 2.75) is 19.1 Å². The minimum atomic E-state index is -0.671. The quantitative estimate of drug-likeness (QED) is 0.602. The standard InChI is InChI=1S/C10H19N3O3/c1-7(14)11-8-4-13(5-9(8)15)10(16)6-12(2)3/h8-9,15H,4-6H2,1-3H3,(H,11,14)/t8-,9-/m1/s1. The van der Waals surface area contributed by atoms with E-state index in [-0.39, 0.29) is 24.4 Å². The maximum Gasteiger partial charge on any atom is 0.236 e. The molecule has 1 rings (SSSR count). The number of aliphatic hydroxyl groups is 1. The van der Waals surface area contributed by atoms with Crippen LogP contribution in [0.3, 0.4) is 0 Å². The smallest absolute Gasteiger partial charge is 0.236 e. The first-order valence-corrected chi connectivity index (χ1v) is 5.28. The van der Waals surface area contributed by atoms with E-state index in [0.717, 1.165) is 0 Å². The molecule has 1 fully saturated rings. The molecule has 0 radical (unpaired) electrons. The van der Waals surface area contributed by atoms with E-state index in [2.05, 4.69) is 5.32 Å². The van der Waals surface area contributed by atoms with Gasteiger partial charge in [0.1, 0.15) is 0 Å². The van der Waals surface area contributed by atoms with Gasteiger partial charge >= 0.3 is 0 Å². The molecule has 1 heterocycles. The van der Waals surface area contributed by atoms with Crippen LogP contribution in [-0.2, 0) is 9.59 Å². The van der Waals surface area contributed by atoms with E-state index < -0.39 is 6.10 Å². The number of rotatable bonds is 3. The van der Waals surface area contributed by atoms with Crippen molar-refractivity contribution in [1.29, 1.82) is 0 Å². The van der Waals surface area contributed by atoms with Gasteiger partial charge in [-0.2, -0.15) is 0 Å². The van der Waals surface area contributed by atoms with Crippen molar-refractivity contribution in [3.8, 4) is 0 Å². The number of hydrogen-bond acceptors (Lipinski definition) is 4. The van der Waals surface area contributed by atoms with Crippen LogP contribution in [0, 0.1) is 0 Å². The predicted molar refractivity (Wildman–Crippen MR) is 58.7 cm³/mol. The Bertz CT molecular complexity index is 280. The zero-order valence-electron chi connectivity index (χ0n) is 9.93. The maximum absolute atomic E-state index is 11.7. The Morgan fingerprint density at radius 3 is 2.56 bits per heavy atom. The van der Waals surface area contributed by atoms with Gasteiger partial charge in [0.2, 0.25) is 11.8 Å². The second kappa shape index (κ2) is 5.27. The van der Waals surface area contributed by atoms with Crippen LogP contribution in [0.4, 0.5) is 0 Å². The van der Waals surface area contributed by atoms with E-state index in [9.17, 15) is 14.7 Å². The Balaban J connectivity index is 2.49. The van der Waals surface area contributed by atoms with Crippen molar-refractivity contribution in [3.63, 3.8) is 0 Å². The minimum absolute atomic E-state index is 0.0306. The van der Waals surface area contributed by atoms with Crippen molar-refractivity contribution in [3.05, 3.63) is 0 Å². The Morgan fingerprint density at radius 2 is 2.06 bits per heavy atom. The van der Waals surface area contributed by atoms with Crippen molar-refractivity contribution in [2.24, 2.45) is 0 Å². The fourth-order valence-corrected chi connectivity index (χ4v) is 1.76. The fraction of sp³-hybridized carbons (Fsp3) is 0.800. The molecule has 0 bridgehead atoms. The Labute approximate surface area is 95.2 Å². The zero-order valence-corrected chi connectivity index (χ0v) is 9.93. The van der Waals surface area contributed by atoms with Gasteiger partial charge in [-0.15, -0.1) is 0 Å². The summed E-state index contributed by atoms with van der Waals surface area (Å²) in [6.45, 7) is 2.39. The highest BCUT2D eigenvalue weighted by atomic mass is 16.3. The molecule has 16 heavy (non-hydrogen) atoms. The van der Waals surface area contributed by atoms with E-state index in [0.29, 0.717) is 13.1 Å². The lowest BCUT2D eigenvalue weighted by atomic mass is 10.2. The number of β-amino-alcohol motifs (C(OH)–C–C–N with tert-alkyl or cyclic N) is 1. The van der Waals surface area contributed by atoms with Crippen molar-refractivity contribution in [2.75, 3.05) is 33.7 Å². The second-order valence-corrected chi connectivity index (χ2v) is 4.41. The lowest BCUT2D eigenvalue weighted by Gasteiger charge is -2.18. The number of amides is 2. The summed E-state index contributed by atoms with van der Waals surface area (Å²) >= 11 is 0. The topological polar surface area (TPSA) is 72.9 Å². The largest absolute Gasteiger partial charge is 0.389 e. The summed E-state index contributed by atoms with van der Waals surface area (Å²) in [5, 5.41) is 12.3. The Hall–Kier alpha value is -1.14. The van der Waals surface area contributed by atoms with Crippen LogP contribution in [0.15, 0.2) is 0 Å². The molecule has 0 aromatic rings. The fourth-order valence-electron chi connectivity index (χ4n) is 1.76. The van der Waals surface area contributed by atoms with Crippen LogP contribution in [0.5, 0.6) is 0 Å². The molecule has 1 aliphatic heterocycles. The van der Waals surface area contributed by atoms with Crippen molar-refractivity contribution < 1.29 is 14.7 Å². The van der Waals surface area contributed by atoms with Gasteiger partial charge in [0, 0.05) is 20.0 Å². The molecule has 0 aromatic heterocycles. The van der Waals surface area contributed by atoms with Gasteiger partial charge in [-0.25, -0.2) is 0 Å². The van der Waals surface area contributed by atoms with Gasteiger partial charge in [0.15, 0.2) is 0 Å². The summed E-state index contributed by atoms with van der Waals surface area (Å²) in [5.41, 5.74) is 0. The van der Waals surface area contributed by atoms with Crippen LogP contribution in [0.25, 0.3) is 0 Å². The lowest BCUT2D eigenvalue weighted by molar-refractivity contribution is -0.131. The van der Waals surface area contributed by atoms with Gasteiger partial charge < -0.3 is 20.2 Å². The second-order valence-electron chi connectivity index (χ2n) is 4.41. The molecule has 1 aliphatic rings. The van der Waals surface area contributed by atoms with E-state index in [1.165, 1.54) is 6.92 Å².